The van der Waals surface area contributed by atoms with E-state index in [4.69, 9.17) is 22.7 Å². The van der Waals surface area contributed by atoms with Gasteiger partial charge in [0.1, 0.15) is 16.4 Å². The Kier molecular flexibility index (Phi) is 3.24. The van der Waals surface area contributed by atoms with Crippen molar-refractivity contribution in [2.24, 2.45) is 12.8 Å². The molecule has 6 nitrogen and oxygen atoms in total. The van der Waals surface area contributed by atoms with E-state index in [1.54, 1.807) is 16.9 Å². The van der Waals surface area contributed by atoms with Gasteiger partial charge in [-0.05, 0) is 19.9 Å². The van der Waals surface area contributed by atoms with E-state index in [1.807, 2.05) is 20.9 Å². The first-order valence-corrected chi connectivity index (χ1v) is 5.70. The molecule has 0 spiro atoms. The predicted octanol–water partition coefficient (Wildman–Crippen LogP) is 1.25. The fourth-order valence-corrected chi connectivity index (χ4v) is 1.63. The summed E-state index contributed by atoms with van der Waals surface area (Å²) in [6.07, 6.45) is 1.55. The van der Waals surface area contributed by atoms with Crippen LogP contribution in [0.15, 0.2) is 12.3 Å². The standard InChI is InChI=1S/C11H13N5OS/c1-6-9(7(2)16(3)15-6)17-11-13-5-4-8(14-11)10(12)18/h4-5H,1-3H3,(H2,12,18). The van der Waals surface area contributed by atoms with Gasteiger partial charge in [-0.25, -0.2) is 4.98 Å². The minimum Gasteiger partial charge on any atom is -0.420 e. The molecule has 0 saturated heterocycles. The lowest BCUT2D eigenvalue weighted by Crippen LogP contribution is -2.12. The zero-order valence-electron chi connectivity index (χ0n) is 10.3. The summed E-state index contributed by atoms with van der Waals surface area (Å²) in [6, 6.07) is 1.84. The number of thiocarbonyl (C=S) groups is 1. The second-order valence-electron chi connectivity index (χ2n) is 3.81. The first-order chi connectivity index (χ1) is 8.49. The van der Waals surface area contributed by atoms with Crippen LogP contribution in [0.1, 0.15) is 17.1 Å². The molecule has 0 saturated carbocycles. The molecule has 2 N–H and O–H groups in total. The zero-order valence-corrected chi connectivity index (χ0v) is 11.2. The van der Waals surface area contributed by atoms with Gasteiger partial charge in [0.2, 0.25) is 0 Å². The van der Waals surface area contributed by atoms with E-state index < -0.39 is 0 Å². The lowest BCUT2D eigenvalue weighted by Gasteiger charge is -2.05. The molecule has 2 aromatic rings. The molecule has 0 fully saturated rings. The molecular weight excluding hydrogens is 250 g/mol. The Labute approximate surface area is 110 Å². The number of aromatic nitrogens is 4. The molecule has 2 heterocycles. The average Bonchev–Trinajstić information content (AvgIpc) is 2.56. The summed E-state index contributed by atoms with van der Waals surface area (Å²) in [5.41, 5.74) is 7.67. The van der Waals surface area contributed by atoms with Crippen LogP contribution < -0.4 is 10.5 Å². The Morgan fingerprint density at radius 2 is 2.17 bits per heavy atom. The fraction of sp³-hybridized carbons (Fsp3) is 0.273. The molecule has 94 valence electrons. The molecular formula is C11H13N5OS. The second kappa shape index (κ2) is 4.69. The SMILES string of the molecule is Cc1nn(C)c(C)c1Oc1nccc(C(N)=S)n1. The van der Waals surface area contributed by atoms with Crippen molar-refractivity contribution in [2.45, 2.75) is 13.8 Å². The maximum atomic E-state index is 5.63. The quantitative estimate of drug-likeness (QED) is 0.840. The van der Waals surface area contributed by atoms with Crippen LogP contribution in [-0.4, -0.2) is 24.7 Å². The molecule has 0 aromatic carbocycles. The summed E-state index contributed by atoms with van der Waals surface area (Å²) in [5, 5.41) is 4.25. The fourth-order valence-electron chi connectivity index (χ4n) is 1.52. The van der Waals surface area contributed by atoms with Crippen LogP contribution in [0.2, 0.25) is 0 Å². The number of aryl methyl sites for hydroxylation is 2. The van der Waals surface area contributed by atoms with Gasteiger partial charge in [-0.15, -0.1) is 0 Å². The largest absolute Gasteiger partial charge is 0.420 e. The number of rotatable bonds is 3. The third-order valence-electron chi connectivity index (χ3n) is 2.52. The lowest BCUT2D eigenvalue weighted by molar-refractivity contribution is 0.434. The Morgan fingerprint density at radius 3 is 2.72 bits per heavy atom. The minimum absolute atomic E-state index is 0.208. The smallest absolute Gasteiger partial charge is 0.322 e. The summed E-state index contributed by atoms with van der Waals surface area (Å²) in [7, 11) is 1.85. The highest BCUT2D eigenvalue weighted by Crippen LogP contribution is 2.25. The molecule has 0 unspecified atom stereocenters. The maximum absolute atomic E-state index is 5.63. The monoisotopic (exact) mass is 263 g/mol. The first-order valence-electron chi connectivity index (χ1n) is 5.30. The van der Waals surface area contributed by atoms with Crippen molar-refractivity contribution in [1.29, 1.82) is 0 Å². The van der Waals surface area contributed by atoms with E-state index >= 15 is 0 Å². The van der Waals surface area contributed by atoms with Crippen molar-refractivity contribution in [3.63, 3.8) is 0 Å². The lowest BCUT2D eigenvalue weighted by atomic mass is 10.3. The summed E-state index contributed by atoms with van der Waals surface area (Å²) in [4.78, 5) is 8.36. The predicted molar refractivity (Wildman–Crippen MR) is 70.7 cm³/mol. The van der Waals surface area contributed by atoms with Crippen molar-refractivity contribution in [3.05, 3.63) is 29.3 Å². The maximum Gasteiger partial charge on any atom is 0.322 e. The molecule has 0 aliphatic rings. The van der Waals surface area contributed by atoms with Gasteiger partial charge in [-0.2, -0.15) is 10.1 Å². The van der Waals surface area contributed by atoms with E-state index in [-0.39, 0.29) is 11.0 Å². The van der Waals surface area contributed by atoms with Crippen molar-refractivity contribution >= 4 is 17.2 Å². The van der Waals surface area contributed by atoms with E-state index in [2.05, 4.69) is 15.1 Å². The van der Waals surface area contributed by atoms with Gasteiger partial charge in [0, 0.05) is 13.2 Å². The van der Waals surface area contributed by atoms with Crippen LogP contribution in [0.3, 0.4) is 0 Å². The topological polar surface area (TPSA) is 78.8 Å². The summed E-state index contributed by atoms with van der Waals surface area (Å²) < 4.78 is 7.37. The van der Waals surface area contributed by atoms with E-state index in [0.717, 1.165) is 11.4 Å². The van der Waals surface area contributed by atoms with Gasteiger partial charge in [-0.1, -0.05) is 12.2 Å². The summed E-state index contributed by atoms with van der Waals surface area (Å²) in [6.45, 7) is 3.77. The van der Waals surface area contributed by atoms with E-state index in [0.29, 0.717) is 11.4 Å². The highest BCUT2D eigenvalue weighted by Gasteiger charge is 2.13. The Hall–Kier alpha value is -2.02. The molecule has 2 aromatic heterocycles. The Balaban J connectivity index is 2.34. The molecule has 7 heteroatoms. The molecule has 0 atom stereocenters. The highest BCUT2D eigenvalue weighted by atomic mass is 32.1. The van der Waals surface area contributed by atoms with Crippen molar-refractivity contribution in [2.75, 3.05) is 0 Å². The normalized spacial score (nSPS) is 10.4. The Bertz CT molecular complexity index is 607. The molecule has 0 radical (unpaired) electrons. The number of nitrogens with zero attached hydrogens (tertiary/aromatic N) is 4. The number of ether oxygens (including phenoxy) is 1. The number of hydrogen-bond donors (Lipinski definition) is 1. The van der Waals surface area contributed by atoms with Gasteiger partial charge in [0.15, 0.2) is 5.75 Å². The number of hydrogen-bond acceptors (Lipinski definition) is 5. The molecule has 2 rings (SSSR count). The minimum atomic E-state index is 0.208. The number of nitrogens with two attached hydrogens (primary N) is 1. The Morgan fingerprint density at radius 1 is 1.44 bits per heavy atom. The molecule has 18 heavy (non-hydrogen) atoms. The van der Waals surface area contributed by atoms with Crippen LogP contribution in [0, 0.1) is 13.8 Å². The van der Waals surface area contributed by atoms with Crippen molar-refractivity contribution in [1.82, 2.24) is 19.7 Å². The van der Waals surface area contributed by atoms with Gasteiger partial charge in [0.25, 0.3) is 0 Å². The summed E-state index contributed by atoms with van der Waals surface area (Å²) in [5.74, 6) is 0.651. The van der Waals surface area contributed by atoms with Crippen LogP contribution >= 0.6 is 12.2 Å². The van der Waals surface area contributed by atoms with Gasteiger partial charge < -0.3 is 10.5 Å². The van der Waals surface area contributed by atoms with Crippen LogP contribution in [0.4, 0.5) is 0 Å². The van der Waals surface area contributed by atoms with Crippen molar-refractivity contribution < 1.29 is 4.74 Å². The van der Waals surface area contributed by atoms with Crippen LogP contribution in [-0.2, 0) is 7.05 Å². The second-order valence-corrected chi connectivity index (χ2v) is 4.25. The van der Waals surface area contributed by atoms with Gasteiger partial charge in [-0.3, -0.25) is 4.68 Å². The molecule has 0 aliphatic heterocycles. The van der Waals surface area contributed by atoms with E-state index in [9.17, 15) is 0 Å². The third kappa shape index (κ3) is 2.30. The van der Waals surface area contributed by atoms with E-state index in [1.165, 1.54) is 0 Å². The average molecular weight is 263 g/mol. The van der Waals surface area contributed by atoms with Crippen LogP contribution in [0.5, 0.6) is 11.8 Å². The highest BCUT2D eigenvalue weighted by molar-refractivity contribution is 7.80. The van der Waals surface area contributed by atoms with Gasteiger partial charge >= 0.3 is 6.01 Å². The molecule has 0 aliphatic carbocycles. The van der Waals surface area contributed by atoms with Crippen molar-refractivity contribution in [3.8, 4) is 11.8 Å². The summed E-state index contributed by atoms with van der Waals surface area (Å²) >= 11 is 4.86. The molecule has 0 bridgehead atoms. The third-order valence-corrected chi connectivity index (χ3v) is 2.73. The zero-order chi connectivity index (χ0) is 13.3. The van der Waals surface area contributed by atoms with Gasteiger partial charge in [0.05, 0.1) is 5.69 Å². The molecule has 0 amide bonds. The first kappa shape index (κ1) is 12.4. The van der Waals surface area contributed by atoms with Crippen LogP contribution in [0.25, 0.3) is 0 Å².